The molecule has 0 aromatic heterocycles. The lowest BCUT2D eigenvalue weighted by molar-refractivity contribution is 0.0697. The molecule has 0 spiro atoms. The Labute approximate surface area is 167 Å². The SMILES string of the molecule is Cc1cccc(CCC2C(Cl)CC[C@@H]2CCc2ccc(C(=O)O)cc2)c1C. The van der Waals surface area contributed by atoms with Crippen molar-refractivity contribution in [3.05, 3.63) is 70.3 Å². The van der Waals surface area contributed by atoms with Gasteiger partial charge in [0, 0.05) is 5.38 Å². The second-order valence-corrected chi connectivity index (χ2v) is 8.52. The molecule has 2 aromatic rings. The van der Waals surface area contributed by atoms with Gasteiger partial charge in [0.25, 0.3) is 0 Å². The van der Waals surface area contributed by atoms with Crippen molar-refractivity contribution in [2.24, 2.45) is 11.8 Å². The maximum Gasteiger partial charge on any atom is 0.335 e. The first kappa shape index (κ1) is 19.9. The van der Waals surface area contributed by atoms with Crippen LogP contribution in [0, 0.1) is 25.7 Å². The van der Waals surface area contributed by atoms with Gasteiger partial charge in [0.15, 0.2) is 0 Å². The van der Waals surface area contributed by atoms with E-state index in [4.69, 9.17) is 16.7 Å². The summed E-state index contributed by atoms with van der Waals surface area (Å²) in [5.41, 5.74) is 5.80. The quantitative estimate of drug-likeness (QED) is 0.577. The highest BCUT2D eigenvalue weighted by Gasteiger charge is 2.34. The third kappa shape index (κ3) is 4.93. The first-order valence-electron chi connectivity index (χ1n) is 9.97. The molecule has 2 aromatic carbocycles. The van der Waals surface area contributed by atoms with E-state index in [1.165, 1.54) is 28.7 Å². The van der Waals surface area contributed by atoms with Gasteiger partial charge in [-0.15, -0.1) is 11.6 Å². The summed E-state index contributed by atoms with van der Waals surface area (Å²) in [5.74, 6) is 0.371. The van der Waals surface area contributed by atoms with Crippen molar-refractivity contribution in [3.63, 3.8) is 0 Å². The van der Waals surface area contributed by atoms with Crippen molar-refractivity contribution in [1.29, 1.82) is 0 Å². The lowest BCUT2D eigenvalue weighted by Gasteiger charge is -2.22. The Kier molecular flexibility index (Phi) is 6.59. The molecule has 0 amide bonds. The Morgan fingerprint density at radius 1 is 1.04 bits per heavy atom. The Balaban J connectivity index is 1.58. The van der Waals surface area contributed by atoms with Crippen molar-refractivity contribution in [2.75, 3.05) is 0 Å². The molecular formula is C24H29ClO2. The summed E-state index contributed by atoms with van der Waals surface area (Å²) in [6.07, 6.45) is 6.70. The molecule has 0 radical (unpaired) electrons. The van der Waals surface area contributed by atoms with Gasteiger partial charge in [-0.05, 0) is 98.6 Å². The standard InChI is InChI=1S/C24H29ClO2/c1-16-4-3-5-19(17(16)2)12-14-22-20(13-15-23(22)25)9-6-18-7-10-21(11-8-18)24(26)27/h3-5,7-8,10-11,20,22-23H,6,9,12-15H2,1-2H3,(H,26,27)/t20-,22?,23?/m0/s1. The van der Waals surface area contributed by atoms with Crippen LogP contribution >= 0.6 is 11.6 Å². The van der Waals surface area contributed by atoms with Gasteiger partial charge in [0.1, 0.15) is 0 Å². The fourth-order valence-corrected chi connectivity index (χ4v) is 4.90. The third-order valence-corrected chi connectivity index (χ3v) is 6.89. The van der Waals surface area contributed by atoms with Crippen molar-refractivity contribution in [1.82, 2.24) is 0 Å². The number of carboxylic acid groups (broad SMARTS) is 1. The lowest BCUT2D eigenvalue weighted by atomic mass is 9.85. The molecule has 1 saturated carbocycles. The fourth-order valence-electron chi connectivity index (χ4n) is 4.44. The van der Waals surface area contributed by atoms with Gasteiger partial charge in [-0.2, -0.15) is 0 Å². The molecule has 3 rings (SSSR count). The monoisotopic (exact) mass is 384 g/mol. The zero-order valence-corrected chi connectivity index (χ0v) is 17.0. The van der Waals surface area contributed by atoms with Crippen molar-refractivity contribution >= 4 is 17.6 Å². The molecule has 2 nitrogen and oxygen atoms in total. The van der Waals surface area contributed by atoms with Gasteiger partial charge in [-0.3, -0.25) is 0 Å². The summed E-state index contributed by atoms with van der Waals surface area (Å²) in [5, 5.41) is 9.30. The predicted molar refractivity (Wildman–Crippen MR) is 112 cm³/mol. The van der Waals surface area contributed by atoms with Crippen LogP contribution in [0.2, 0.25) is 0 Å². The van der Waals surface area contributed by atoms with Gasteiger partial charge in [0.05, 0.1) is 5.56 Å². The largest absolute Gasteiger partial charge is 0.478 e. The van der Waals surface area contributed by atoms with E-state index in [9.17, 15) is 4.79 Å². The number of aromatic carboxylic acids is 1. The van der Waals surface area contributed by atoms with E-state index in [1.54, 1.807) is 12.1 Å². The van der Waals surface area contributed by atoms with Crippen LogP contribution in [0.1, 0.15) is 58.3 Å². The Morgan fingerprint density at radius 3 is 2.48 bits per heavy atom. The number of rotatable bonds is 7. The summed E-state index contributed by atoms with van der Waals surface area (Å²) in [6.45, 7) is 4.40. The molecule has 144 valence electrons. The van der Waals surface area contributed by atoms with Crippen molar-refractivity contribution in [3.8, 4) is 0 Å². The first-order chi connectivity index (χ1) is 13.0. The number of carbonyl (C=O) groups is 1. The molecule has 3 heteroatoms. The van der Waals surface area contributed by atoms with Crippen LogP contribution in [-0.2, 0) is 12.8 Å². The highest BCUT2D eigenvalue weighted by Crippen LogP contribution is 2.41. The molecule has 27 heavy (non-hydrogen) atoms. The number of hydrogen-bond donors (Lipinski definition) is 1. The van der Waals surface area contributed by atoms with Crippen molar-refractivity contribution in [2.45, 2.75) is 57.7 Å². The molecule has 1 N–H and O–H groups in total. The maximum atomic E-state index is 11.0. The molecular weight excluding hydrogens is 356 g/mol. The van der Waals surface area contributed by atoms with Gasteiger partial charge >= 0.3 is 5.97 Å². The van der Waals surface area contributed by atoms with E-state index in [0.29, 0.717) is 17.4 Å². The van der Waals surface area contributed by atoms with E-state index < -0.39 is 5.97 Å². The first-order valence-corrected chi connectivity index (χ1v) is 10.4. The van der Waals surface area contributed by atoms with Crippen LogP contribution in [-0.4, -0.2) is 16.5 Å². The van der Waals surface area contributed by atoms with Crippen LogP contribution in [0.4, 0.5) is 0 Å². The topological polar surface area (TPSA) is 37.3 Å². The Morgan fingerprint density at radius 2 is 1.78 bits per heavy atom. The molecule has 0 bridgehead atoms. The van der Waals surface area contributed by atoms with E-state index in [2.05, 4.69) is 32.0 Å². The van der Waals surface area contributed by atoms with Gasteiger partial charge in [0.2, 0.25) is 0 Å². The number of carboxylic acids is 1. The smallest absolute Gasteiger partial charge is 0.335 e. The maximum absolute atomic E-state index is 11.0. The fraction of sp³-hybridized carbons (Fsp3) is 0.458. The molecule has 0 aliphatic heterocycles. The number of halogens is 1. The van der Waals surface area contributed by atoms with E-state index >= 15 is 0 Å². The number of benzene rings is 2. The van der Waals surface area contributed by atoms with Crippen LogP contribution in [0.3, 0.4) is 0 Å². The van der Waals surface area contributed by atoms with Crippen LogP contribution in [0.25, 0.3) is 0 Å². The van der Waals surface area contributed by atoms with Crippen LogP contribution in [0.5, 0.6) is 0 Å². The Hall–Kier alpha value is -1.80. The van der Waals surface area contributed by atoms with E-state index in [1.807, 2.05) is 12.1 Å². The molecule has 0 saturated heterocycles. The minimum absolute atomic E-state index is 0.287. The molecule has 1 aliphatic carbocycles. The lowest BCUT2D eigenvalue weighted by Crippen LogP contribution is -2.17. The summed E-state index contributed by atoms with van der Waals surface area (Å²) < 4.78 is 0. The third-order valence-electron chi connectivity index (χ3n) is 6.35. The highest BCUT2D eigenvalue weighted by molar-refractivity contribution is 6.21. The van der Waals surface area contributed by atoms with E-state index in [0.717, 1.165) is 32.1 Å². The minimum atomic E-state index is -0.867. The summed E-state index contributed by atoms with van der Waals surface area (Å²) in [7, 11) is 0. The second-order valence-electron chi connectivity index (χ2n) is 7.96. The van der Waals surface area contributed by atoms with Crippen LogP contribution < -0.4 is 0 Å². The predicted octanol–water partition coefficient (Wildman–Crippen LogP) is 6.20. The minimum Gasteiger partial charge on any atom is -0.478 e. The molecule has 1 aliphatic rings. The normalized spacial score (nSPS) is 22.1. The molecule has 2 unspecified atom stereocenters. The van der Waals surface area contributed by atoms with Gasteiger partial charge < -0.3 is 5.11 Å². The van der Waals surface area contributed by atoms with Crippen LogP contribution in [0.15, 0.2) is 42.5 Å². The summed E-state index contributed by atoms with van der Waals surface area (Å²) in [4.78, 5) is 11.0. The van der Waals surface area contributed by atoms with Gasteiger partial charge in [-0.25, -0.2) is 4.79 Å². The Bertz CT molecular complexity index is 781. The summed E-state index contributed by atoms with van der Waals surface area (Å²) >= 11 is 6.68. The number of hydrogen-bond acceptors (Lipinski definition) is 1. The molecule has 3 atom stereocenters. The van der Waals surface area contributed by atoms with E-state index in [-0.39, 0.29) is 5.38 Å². The zero-order valence-electron chi connectivity index (χ0n) is 16.2. The van der Waals surface area contributed by atoms with Crippen molar-refractivity contribution < 1.29 is 9.90 Å². The second kappa shape index (κ2) is 8.93. The molecule has 0 heterocycles. The zero-order chi connectivity index (χ0) is 19.4. The molecule has 1 fully saturated rings. The van der Waals surface area contributed by atoms with Gasteiger partial charge in [-0.1, -0.05) is 30.3 Å². The highest BCUT2D eigenvalue weighted by atomic mass is 35.5. The summed E-state index contributed by atoms with van der Waals surface area (Å²) in [6, 6.07) is 13.9. The number of alkyl halides is 1. The average molecular weight is 385 g/mol. The average Bonchev–Trinajstić information content (AvgIpc) is 3.01. The number of aryl methyl sites for hydroxylation is 3.